The van der Waals surface area contributed by atoms with E-state index in [1.165, 1.54) is 15.2 Å². The smallest absolute Gasteiger partial charge is 0.335 e. The molecule has 0 saturated carbocycles. The van der Waals surface area contributed by atoms with Crippen LogP contribution in [0.4, 0.5) is 0 Å². The third-order valence-electron chi connectivity index (χ3n) is 3.74. The summed E-state index contributed by atoms with van der Waals surface area (Å²) in [5.74, 6) is 0.441. The van der Waals surface area contributed by atoms with Gasteiger partial charge in [0.05, 0.1) is 22.8 Å². The second-order valence-corrected chi connectivity index (χ2v) is 5.99. The summed E-state index contributed by atoms with van der Waals surface area (Å²) in [7, 11) is 3.14. The summed E-state index contributed by atoms with van der Waals surface area (Å²) in [4.78, 5) is 12.6. The fourth-order valence-electron chi connectivity index (χ4n) is 2.54. The van der Waals surface area contributed by atoms with E-state index in [4.69, 9.17) is 27.9 Å². The van der Waals surface area contributed by atoms with Gasteiger partial charge in [0.1, 0.15) is 11.4 Å². The third-order valence-corrected chi connectivity index (χ3v) is 4.48. The molecule has 0 atom stereocenters. The summed E-state index contributed by atoms with van der Waals surface area (Å²) in [5, 5.41) is 11.3. The van der Waals surface area contributed by atoms with Crippen molar-refractivity contribution in [1.82, 2.24) is 9.13 Å². The highest BCUT2D eigenvalue weighted by molar-refractivity contribution is 6.42. The molecular formula is C17H14Cl2N2O3. The monoisotopic (exact) mass is 364 g/mol. The van der Waals surface area contributed by atoms with Crippen molar-refractivity contribution in [1.29, 1.82) is 0 Å². The predicted molar refractivity (Wildman–Crippen MR) is 94.7 cm³/mol. The standard InChI is InChI=1S/C17H14Cl2N2O3/c1-20-15(10-4-3-5-12(8-10)24-2)16(22)21(17(20)23)11-6-7-13(18)14(19)9-11/h3-9,22H,1-2H3. The number of hydrogen-bond acceptors (Lipinski definition) is 3. The molecule has 0 unspecified atom stereocenters. The average molecular weight is 365 g/mol. The van der Waals surface area contributed by atoms with Crippen LogP contribution in [0, 0.1) is 0 Å². The van der Waals surface area contributed by atoms with E-state index < -0.39 is 5.69 Å². The van der Waals surface area contributed by atoms with Crippen molar-refractivity contribution in [3.8, 4) is 28.6 Å². The zero-order valence-corrected chi connectivity index (χ0v) is 14.5. The molecular weight excluding hydrogens is 351 g/mol. The lowest BCUT2D eigenvalue weighted by Gasteiger charge is -2.07. The summed E-state index contributed by atoms with van der Waals surface area (Å²) >= 11 is 11.9. The highest BCUT2D eigenvalue weighted by Gasteiger charge is 2.20. The molecule has 0 bridgehead atoms. The fourth-order valence-corrected chi connectivity index (χ4v) is 2.83. The molecule has 0 aliphatic carbocycles. The average Bonchev–Trinajstić information content (AvgIpc) is 2.80. The molecule has 0 aliphatic heterocycles. The first kappa shape index (κ1) is 16.5. The Morgan fingerprint density at radius 1 is 1.08 bits per heavy atom. The molecule has 24 heavy (non-hydrogen) atoms. The van der Waals surface area contributed by atoms with Crippen molar-refractivity contribution in [2.75, 3.05) is 7.11 Å². The van der Waals surface area contributed by atoms with Crippen LogP contribution >= 0.6 is 23.2 Å². The second kappa shape index (κ2) is 6.26. The van der Waals surface area contributed by atoms with Crippen LogP contribution in [0.1, 0.15) is 0 Å². The molecule has 0 fully saturated rings. The van der Waals surface area contributed by atoms with Gasteiger partial charge in [-0.05, 0) is 30.3 Å². The van der Waals surface area contributed by atoms with E-state index in [-0.39, 0.29) is 5.88 Å². The zero-order valence-electron chi connectivity index (χ0n) is 13.0. The Hall–Kier alpha value is -2.37. The normalized spacial score (nSPS) is 10.8. The number of aromatic hydroxyl groups is 1. The lowest BCUT2D eigenvalue weighted by atomic mass is 10.1. The lowest BCUT2D eigenvalue weighted by Crippen LogP contribution is -2.21. The topological polar surface area (TPSA) is 56.4 Å². The number of nitrogens with zero attached hydrogens (tertiary/aromatic N) is 2. The molecule has 0 saturated heterocycles. The van der Waals surface area contributed by atoms with Crippen molar-refractivity contribution in [2.45, 2.75) is 0 Å². The first-order valence-corrected chi connectivity index (χ1v) is 7.80. The van der Waals surface area contributed by atoms with E-state index in [1.807, 2.05) is 0 Å². The molecule has 7 heteroatoms. The van der Waals surface area contributed by atoms with Gasteiger partial charge in [-0.1, -0.05) is 35.3 Å². The largest absolute Gasteiger partial charge is 0.497 e. The predicted octanol–water partition coefficient (Wildman–Crippen LogP) is 3.86. The van der Waals surface area contributed by atoms with E-state index in [9.17, 15) is 9.90 Å². The van der Waals surface area contributed by atoms with Crippen molar-refractivity contribution < 1.29 is 9.84 Å². The summed E-state index contributed by atoms with van der Waals surface area (Å²) < 4.78 is 7.74. The molecule has 1 N–H and O–H groups in total. The lowest BCUT2D eigenvalue weighted by molar-refractivity contribution is 0.415. The number of methoxy groups -OCH3 is 1. The SMILES string of the molecule is COc1cccc(-c2c(O)n(-c3ccc(Cl)c(Cl)c3)c(=O)n2C)c1. The van der Waals surface area contributed by atoms with Gasteiger partial charge in [0.2, 0.25) is 5.88 Å². The number of aromatic nitrogens is 2. The second-order valence-electron chi connectivity index (χ2n) is 5.18. The number of benzene rings is 2. The summed E-state index contributed by atoms with van der Waals surface area (Å²) in [6.45, 7) is 0. The van der Waals surface area contributed by atoms with Gasteiger partial charge in [-0.25, -0.2) is 9.36 Å². The quantitative estimate of drug-likeness (QED) is 0.767. The molecule has 0 aliphatic rings. The maximum atomic E-state index is 12.6. The van der Waals surface area contributed by atoms with Gasteiger partial charge in [-0.3, -0.25) is 4.57 Å². The summed E-state index contributed by atoms with van der Waals surface area (Å²) in [5.41, 5.74) is 1.07. The molecule has 2 aromatic carbocycles. The van der Waals surface area contributed by atoms with E-state index >= 15 is 0 Å². The molecule has 124 valence electrons. The van der Waals surface area contributed by atoms with Crippen LogP contribution in [-0.2, 0) is 7.05 Å². The molecule has 1 aromatic heterocycles. The molecule has 0 radical (unpaired) electrons. The number of hydrogen-bond donors (Lipinski definition) is 1. The minimum atomic E-state index is -0.399. The molecule has 0 spiro atoms. The van der Waals surface area contributed by atoms with Gasteiger partial charge >= 0.3 is 5.69 Å². The van der Waals surface area contributed by atoms with E-state index in [2.05, 4.69) is 0 Å². The third kappa shape index (κ3) is 2.66. The van der Waals surface area contributed by atoms with Crippen molar-refractivity contribution in [3.63, 3.8) is 0 Å². The van der Waals surface area contributed by atoms with E-state index in [0.29, 0.717) is 32.7 Å². The van der Waals surface area contributed by atoms with Gasteiger partial charge in [0.25, 0.3) is 0 Å². The number of imidazole rings is 1. The van der Waals surface area contributed by atoms with Gasteiger partial charge in [0.15, 0.2) is 0 Å². The summed E-state index contributed by atoms with van der Waals surface area (Å²) in [6, 6.07) is 11.8. The first-order valence-electron chi connectivity index (χ1n) is 7.04. The van der Waals surface area contributed by atoms with Crippen LogP contribution in [0.2, 0.25) is 10.0 Å². The van der Waals surface area contributed by atoms with Gasteiger partial charge in [0, 0.05) is 12.6 Å². The molecule has 3 aromatic rings. The number of rotatable bonds is 3. The van der Waals surface area contributed by atoms with Gasteiger partial charge in [-0.2, -0.15) is 0 Å². The van der Waals surface area contributed by atoms with Crippen LogP contribution < -0.4 is 10.4 Å². The van der Waals surface area contributed by atoms with Crippen molar-refractivity contribution in [2.24, 2.45) is 7.05 Å². The maximum Gasteiger partial charge on any atom is 0.335 e. The highest BCUT2D eigenvalue weighted by atomic mass is 35.5. The number of ether oxygens (including phenoxy) is 1. The Morgan fingerprint density at radius 3 is 2.50 bits per heavy atom. The fraction of sp³-hybridized carbons (Fsp3) is 0.118. The van der Waals surface area contributed by atoms with Crippen LogP contribution in [0.15, 0.2) is 47.3 Å². The minimum Gasteiger partial charge on any atom is -0.497 e. The maximum absolute atomic E-state index is 12.6. The molecule has 3 rings (SSSR count). The Bertz CT molecular complexity index is 976. The Labute approximate surface area is 148 Å². The Kier molecular flexibility index (Phi) is 4.30. The van der Waals surface area contributed by atoms with Crippen molar-refractivity contribution >= 4 is 23.2 Å². The minimum absolute atomic E-state index is 0.186. The van der Waals surface area contributed by atoms with E-state index in [0.717, 1.165) is 0 Å². The van der Waals surface area contributed by atoms with Crippen LogP contribution in [0.25, 0.3) is 16.9 Å². The highest BCUT2D eigenvalue weighted by Crippen LogP contribution is 2.33. The molecule has 5 nitrogen and oxygen atoms in total. The Balaban J connectivity index is 2.24. The zero-order chi connectivity index (χ0) is 17.4. The van der Waals surface area contributed by atoms with E-state index in [1.54, 1.807) is 50.6 Å². The van der Waals surface area contributed by atoms with Crippen LogP contribution in [-0.4, -0.2) is 21.4 Å². The van der Waals surface area contributed by atoms with Gasteiger partial charge in [-0.15, -0.1) is 0 Å². The van der Waals surface area contributed by atoms with Crippen molar-refractivity contribution in [3.05, 3.63) is 63.0 Å². The summed E-state index contributed by atoms with van der Waals surface area (Å²) in [6.07, 6.45) is 0. The van der Waals surface area contributed by atoms with Crippen LogP contribution in [0.5, 0.6) is 11.6 Å². The van der Waals surface area contributed by atoms with Crippen LogP contribution in [0.3, 0.4) is 0 Å². The van der Waals surface area contributed by atoms with Gasteiger partial charge < -0.3 is 9.84 Å². The molecule has 0 amide bonds. The molecule has 1 heterocycles. The number of halogens is 2. The first-order chi connectivity index (χ1) is 11.4. The Morgan fingerprint density at radius 2 is 1.83 bits per heavy atom.